The number of hydrazone groups is 1. The van der Waals surface area contributed by atoms with Gasteiger partial charge in [-0.1, -0.05) is 13.3 Å². The normalized spacial score (nSPS) is 26.6. The molecule has 11 heteroatoms. The summed E-state index contributed by atoms with van der Waals surface area (Å²) < 4.78 is 6.97. The number of aliphatic hydroxyl groups is 3. The molecule has 1 saturated heterocycles. The number of anilines is 2. The van der Waals surface area contributed by atoms with Gasteiger partial charge in [-0.15, -0.1) is 0 Å². The molecule has 2 aromatic rings. The van der Waals surface area contributed by atoms with Crippen LogP contribution in [0.2, 0.25) is 0 Å². The van der Waals surface area contributed by atoms with Crippen LogP contribution in [-0.4, -0.2) is 65.5 Å². The van der Waals surface area contributed by atoms with Crippen LogP contribution in [0.1, 0.15) is 32.9 Å². The molecule has 2 aromatic heterocycles. The zero-order chi connectivity index (χ0) is 18.8. The molecule has 0 aromatic carbocycles. The lowest BCUT2D eigenvalue weighted by Crippen LogP contribution is -2.33. The standard InChI is InChI=1S/C15H23N7O4/c1-3-4-7(2)20-21-15-18-12(16)9-13(19-15)22(6-17-9)14-11(25)10(24)8(5-23)26-14/h6,8,10-11,14,23-25H,3-5H2,1-2H3,(H3,16,18,19,21)/b20-7+/t8-,10-,11-,14?/m1/s1. The van der Waals surface area contributed by atoms with Crippen LogP contribution in [0, 0.1) is 0 Å². The second-order valence-corrected chi connectivity index (χ2v) is 6.19. The number of nitrogen functional groups attached to an aromatic ring is 1. The van der Waals surface area contributed by atoms with Gasteiger partial charge in [0.25, 0.3) is 0 Å². The Labute approximate surface area is 149 Å². The van der Waals surface area contributed by atoms with Gasteiger partial charge in [-0.3, -0.25) is 4.57 Å². The summed E-state index contributed by atoms with van der Waals surface area (Å²) in [4.78, 5) is 12.6. The molecule has 0 saturated carbocycles. The van der Waals surface area contributed by atoms with E-state index in [1.807, 2.05) is 6.92 Å². The quantitative estimate of drug-likeness (QED) is 0.338. The van der Waals surface area contributed by atoms with Crippen molar-refractivity contribution in [2.45, 2.75) is 51.2 Å². The molecule has 1 unspecified atom stereocenters. The molecule has 11 nitrogen and oxygen atoms in total. The topological polar surface area (TPSA) is 164 Å². The maximum absolute atomic E-state index is 10.2. The van der Waals surface area contributed by atoms with Crippen molar-refractivity contribution in [3.05, 3.63) is 6.33 Å². The van der Waals surface area contributed by atoms with E-state index in [-0.39, 0.29) is 11.8 Å². The van der Waals surface area contributed by atoms with Crippen LogP contribution in [0.25, 0.3) is 11.2 Å². The van der Waals surface area contributed by atoms with Crippen molar-refractivity contribution in [2.24, 2.45) is 5.10 Å². The molecular formula is C15H23N7O4. The Kier molecular flexibility index (Phi) is 5.32. The third-order valence-corrected chi connectivity index (χ3v) is 4.20. The van der Waals surface area contributed by atoms with Crippen molar-refractivity contribution >= 4 is 28.6 Å². The maximum Gasteiger partial charge on any atom is 0.247 e. The van der Waals surface area contributed by atoms with E-state index in [2.05, 4.69) is 32.4 Å². The number of hydrogen-bond donors (Lipinski definition) is 5. The molecule has 3 heterocycles. The number of rotatable bonds is 6. The fourth-order valence-corrected chi connectivity index (χ4v) is 2.85. The Morgan fingerprint density at radius 3 is 2.81 bits per heavy atom. The monoisotopic (exact) mass is 365 g/mol. The van der Waals surface area contributed by atoms with Gasteiger partial charge >= 0.3 is 0 Å². The molecule has 0 bridgehead atoms. The van der Waals surface area contributed by atoms with Crippen LogP contribution in [-0.2, 0) is 4.74 Å². The summed E-state index contributed by atoms with van der Waals surface area (Å²) in [6, 6.07) is 0. The highest BCUT2D eigenvalue weighted by atomic mass is 16.6. The van der Waals surface area contributed by atoms with E-state index in [9.17, 15) is 15.3 Å². The zero-order valence-electron chi connectivity index (χ0n) is 14.6. The lowest BCUT2D eigenvalue weighted by atomic mass is 10.1. The number of hydrogen-bond acceptors (Lipinski definition) is 10. The third-order valence-electron chi connectivity index (χ3n) is 4.20. The summed E-state index contributed by atoms with van der Waals surface area (Å²) in [5, 5.41) is 33.6. The van der Waals surface area contributed by atoms with Crippen LogP contribution in [0.4, 0.5) is 11.8 Å². The Morgan fingerprint density at radius 2 is 2.15 bits per heavy atom. The van der Waals surface area contributed by atoms with E-state index in [4.69, 9.17) is 10.5 Å². The van der Waals surface area contributed by atoms with E-state index >= 15 is 0 Å². The number of aliphatic hydroxyl groups excluding tert-OH is 3. The smallest absolute Gasteiger partial charge is 0.247 e. The Bertz CT molecular complexity index is 809. The summed E-state index contributed by atoms with van der Waals surface area (Å²) in [6.45, 7) is 3.53. The first-order valence-electron chi connectivity index (χ1n) is 8.38. The average Bonchev–Trinajstić information content (AvgIpc) is 3.16. The fourth-order valence-electron chi connectivity index (χ4n) is 2.85. The third kappa shape index (κ3) is 3.33. The number of nitrogens with two attached hydrogens (primary N) is 1. The number of imidazole rings is 1. The van der Waals surface area contributed by atoms with Crippen molar-refractivity contribution < 1.29 is 20.1 Å². The predicted octanol–water partition coefficient (Wildman–Crippen LogP) is -0.392. The predicted molar refractivity (Wildman–Crippen MR) is 94.4 cm³/mol. The first-order valence-corrected chi connectivity index (χ1v) is 8.38. The molecule has 0 spiro atoms. The van der Waals surface area contributed by atoms with Crippen molar-refractivity contribution in [3.8, 4) is 0 Å². The molecule has 6 N–H and O–H groups in total. The minimum atomic E-state index is -1.25. The van der Waals surface area contributed by atoms with Gasteiger partial charge in [0.05, 0.1) is 12.9 Å². The van der Waals surface area contributed by atoms with Crippen molar-refractivity contribution in [2.75, 3.05) is 17.8 Å². The van der Waals surface area contributed by atoms with Crippen molar-refractivity contribution in [3.63, 3.8) is 0 Å². The molecule has 0 amide bonds. The second-order valence-electron chi connectivity index (χ2n) is 6.19. The largest absolute Gasteiger partial charge is 0.394 e. The van der Waals surface area contributed by atoms with Gasteiger partial charge in [-0.05, 0) is 13.3 Å². The van der Waals surface area contributed by atoms with E-state index in [0.717, 1.165) is 18.6 Å². The van der Waals surface area contributed by atoms with Crippen molar-refractivity contribution in [1.82, 2.24) is 19.5 Å². The minimum absolute atomic E-state index is 0.145. The van der Waals surface area contributed by atoms with Gasteiger partial charge in [-0.25, -0.2) is 10.4 Å². The molecule has 4 atom stereocenters. The van der Waals surface area contributed by atoms with Crippen LogP contribution in [0.15, 0.2) is 11.4 Å². The summed E-state index contributed by atoms with van der Waals surface area (Å²) in [7, 11) is 0. The van der Waals surface area contributed by atoms with Gasteiger partial charge in [-0.2, -0.15) is 15.1 Å². The SMILES string of the molecule is CCC/C(C)=N/Nc1nc(N)c2ncn(C3O[C@H](CO)[C@@H](O)[C@H]3O)c2n1. The molecule has 142 valence electrons. The van der Waals surface area contributed by atoms with Gasteiger partial charge < -0.3 is 25.8 Å². The molecule has 0 radical (unpaired) electrons. The second kappa shape index (κ2) is 7.50. The molecular weight excluding hydrogens is 342 g/mol. The Morgan fingerprint density at radius 1 is 1.38 bits per heavy atom. The van der Waals surface area contributed by atoms with E-state index in [1.165, 1.54) is 10.9 Å². The van der Waals surface area contributed by atoms with E-state index in [0.29, 0.717) is 11.2 Å². The lowest BCUT2D eigenvalue weighted by Gasteiger charge is -2.16. The minimum Gasteiger partial charge on any atom is -0.394 e. The van der Waals surface area contributed by atoms with Crippen LogP contribution in [0.3, 0.4) is 0 Å². The molecule has 26 heavy (non-hydrogen) atoms. The molecule has 3 rings (SSSR count). The highest BCUT2D eigenvalue weighted by Gasteiger charge is 2.44. The van der Waals surface area contributed by atoms with E-state index < -0.39 is 31.1 Å². The number of nitrogens with one attached hydrogen (secondary N) is 1. The number of nitrogens with zero attached hydrogens (tertiary/aromatic N) is 5. The Balaban J connectivity index is 1.94. The summed E-state index contributed by atoms with van der Waals surface area (Å²) >= 11 is 0. The van der Waals surface area contributed by atoms with Crippen LogP contribution in [0.5, 0.6) is 0 Å². The molecule has 1 aliphatic rings. The molecule has 1 fully saturated rings. The molecule has 0 aliphatic carbocycles. The van der Waals surface area contributed by atoms with Crippen LogP contribution >= 0.6 is 0 Å². The van der Waals surface area contributed by atoms with Crippen molar-refractivity contribution in [1.29, 1.82) is 0 Å². The highest BCUT2D eigenvalue weighted by Crippen LogP contribution is 2.32. The van der Waals surface area contributed by atoms with Crippen LogP contribution < -0.4 is 11.2 Å². The lowest BCUT2D eigenvalue weighted by molar-refractivity contribution is -0.0511. The van der Waals surface area contributed by atoms with Gasteiger partial charge in [0.2, 0.25) is 5.95 Å². The zero-order valence-corrected chi connectivity index (χ0v) is 14.6. The van der Waals surface area contributed by atoms with Gasteiger partial charge in [0.1, 0.15) is 23.8 Å². The first kappa shape index (κ1) is 18.5. The number of aromatic nitrogens is 4. The number of ether oxygens (including phenoxy) is 1. The molecule has 1 aliphatic heterocycles. The number of fused-ring (bicyclic) bond motifs is 1. The summed E-state index contributed by atoms with van der Waals surface area (Å²) in [5.41, 5.74) is 10.3. The average molecular weight is 365 g/mol. The summed E-state index contributed by atoms with van der Waals surface area (Å²) in [5.74, 6) is 0.324. The fraction of sp³-hybridized carbons (Fsp3) is 0.600. The first-order chi connectivity index (χ1) is 12.5. The van der Waals surface area contributed by atoms with Gasteiger partial charge in [0, 0.05) is 5.71 Å². The Hall–Kier alpha value is -2.34. The summed E-state index contributed by atoms with van der Waals surface area (Å²) in [6.07, 6.45) is -1.12. The maximum atomic E-state index is 10.2. The van der Waals surface area contributed by atoms with E-state index in [1.54, 1.807) is 0 Å². The highest BCUT2D eigenvalue weighted by molar-refractivity contribution is 5.84. The van der Waals surface area contributed by atoms with Gasteiger partial charge in [0.15, 0.2) is 17.7 Å².